The van der Waals surface area contributed by atoms with Gasteiger partial charge in [-0.25, -0.2) is 0 Å². The molecule has 0 bridgehead atoms. The highest BCUT2D eigenvalue weighted by Gasteiger charge is 2.50. The molecule has 0 heterocycles. The predicted octanol–water partition coefficient (Wildman–Crippen LogP) is 4.42. The van der Waals surface area contributed by atoms with Crippen LogP contribution in [0.1, 0.15) is 45.4 Å². The molecule has 0 saturated carbocycles. The van der Waals surface area contributed by atoms with Crippen molar-refractivity contribution >= 4 is 18.4 Å². The minimum absolute atomic E-state index is 0.425. The Morgan fingerprint density at radius 1 is 1.00 bits per heavy atom. The van der Waals surface area contributed by atoms with E-state index in [0.29, 0.717) is 6.04 Å². The van der Waals surface area contributed by atoms with Crippen molar-refractivity contribution in [2.75, 3.05) is 0 Å². The lowest BCUT2D eigenvalue weighted by Gasteiger charge is -2.22. The standard InChI is InChI=1S/C11H23F3O3SSi/c1-4-5-6-7-8-9-10-19(2,3)17-18(15,16)11(12,13)14/h4-10H2,1-3H3. The van der Waals surface area contributed by atoms with E-state index in [4.69, 9.17) is 0 Å². The third-order valence-corrected chi connectivity index (χ3v) is 7.56. The summed E-state index contributed by atoms with van der Waals surface area (Å²) in [7, 11) is -8.27. The zero-order chi connectivity index (χ0) is 15.2. The summed E-state index contributed by atoms with van der Waals surface area (Å²) in [5.74, 6) is 0. The molecule has 0 radical (unpaired) electrons. The van der Waals surface area contributed by atoms with E-state index in [1.54, 1.807) is 0 Å². The molecule has 0 aliphatic heterocycles. The highest BCUT2D eigenvalue weighted by Crippen LogP contribution is 2.29. The monoisotopic (exact) mass is 320 g/mol. The van der Waals surface area contributed by atoms with Crippen LogP contribution >= 0.6 is 0 Å². The van der Waals surface area contributed by atoms with Crippen molar-refractivity contribution in [1.29, 1.82) is 0 Å². The number of halogens is 3. The summed E-state index contributed by atoms with van der Waals surface area (Å²) in [5.41, 5.74) is -5.32. The van der Waals surface area contributed by atoms with Crippen LogP contribution in [0.4, 0.5) is 13.2 Å². The summed E-state index contributed by atoms with van der Waals surface area (Å²) in [6.07, 6.45) is 6.06. The van der Waals surface area contributed by atoms with Gasteiger partial charge in [0, 0.05) is 0 Å². The van der Waals surface area contributed by atoms with Crippen LogP contribution in [0.25, 0.3) is 0 Å². The summed E-state index contributed by atoms with van der Waals surface area (Å²) >= 11 is 0. The van der Waals surface area contributed by atoms with E-state index in [2.05, 4.69) is 10.8 Å². The Morgan fingerprint density at radius 3 is 1.95 bits per heavy atom. The molecule has 0 aromatic carbocycles. The normalized spacial score (nSPS) is 13.8. The van der Waals surface area contributed by atoms with Gasteiger partial charge in [0.25, 0.3) is 0 Å². The van der Waals surface area contributed by atoms with Gasteiger partial charge in [0.05, 0.1) is 0 Å². The van der Waals surface area contributed by atoms with Crippen molar-refractivity contribution in [3.63, 3.8) is 0 Å². The Balaban J connectivity index is 4.13. The number of unbranched alkanes of at least 4 members (excludes halogenated alkanes) is 5. The Kier molecular flexibility index (Phi) is 7.60. The molecule has 0 aliphatic carbocycles. The predicted molar refractivity (Wildman–Crippen MR) is 71.7 cm³/mol. The van der Waals surface area contributed by atoms with Gasteiger partial charge in [-0.05, 0) is 19.1 Å². The molecular formula is C11H23F3O3SSi. The fourth-order valence-corrected chi connectivity index (χ4v) is 5.91. The molecule has 19 heavy (non-hydrogen) atoms. The molecule has 0 saturated heterocycles. The average Bonchev–Trinajstić information content (AvgIpc) is 2.20. The maximum atomic E-state index is 12.2. The average molecular weight is 320 g/mol. The second-order valence-corrected chi connectivity index (χ2v) is 11.3. The fraction of sp³-hybridized carbons (Fsp3) is 1.00. The highest BCUT2D eigenvalue weighted by atomic mass is 32.2. The lowest BCUT2D eigenvalue weighted by atomic mass is 10.1. The molecule has 0 atom stereocenters. The summed E-state index contributed by atoms with van der Waals surface area (Å²) in [6, 6.07) is 0.425. The van der Waals surface area contributed by atoms with Crippen LogP contribution in [0, 0.1) is 0 Å². The number of hydrogen-bond acceptors (Lipinski definition) is 3. The molecule has 8 heteroatoms. The van der Waals surface area contributed by atoms with Gasteiger partial charge in [-0.3, -0.25) is 0 Å². The highest BCUT2D eigenvalue weighted by molar-refractivity contribution is 7.88. The lowest BCUT2D eigenvalue weighted by molar-refractivity contribution is -0.0503. The fourth-order valence-electron chi connectivity index (χ4n) is 1.72. The second-order valence-electron chi connectivity index (χ2n) is 5.26. The van der Waals surface area contributed by atoms with Crippen molar-refractivity contribution in [2.45, 2.75) is 70.1 Å². The molecule has 3 nitrogen and oxygen atoms in total. The third kappa shape index (κ3) is 7.94. The van der Waals surface area contributed by atoms with Crippen molar-refractivity contribution < 1.29 is 25.5 Å². The number of alkyl halides is 3. The zero-order valence-corrected chi connectivity index (χ0v) is 13.5. The van der Waals surface area contributed by atoms with Crippen molar-refractivity contribution in [3.05, 3.63) is 0 Å². The van der Waals surface area contributed by atoms with Crippen molar-refractivity contribution in [1.82, 2.24) is 0 Å². The largest absolute Gasteiger partial charge is 0.522 e. The van der Waals surface area contributed by atoms with E-state index in [9.17, 15) is 21.6 Å². The van der Waals surface area contributed by atoms with Crippen LogP contribution < -0.4 is 0 Å². The van der Waals surface area contributed by atoms with Gasteiger partial charge in [0.2, 0.25) is 8.32 Å². The van der Waals surface area contributed by atoms with E-state index < -0.39 is 23.9 Å². The summed E-state index contributed by atoms with van der Waals surface area (Å²) in [6.45, 7) is 5.11. The first kappa shape index (κ1) is 18.9. The maximum Gasteiger partial charge on any atom is 0.522 e. The SMILES string of the molecule is CCCCCCCC[Si](C)(C)OS(=O)(=O)C(F)(F)F. The van der Waals surface area contributed by atoms with E-state index in [0.717, 1.165) is 38.5 Å². The summed E-state index contributed by atoms with van der Waals surface area (Å²) in [4.78, 5) is 0. The first-order valence-corrected chi connectivity index (χ1v) is 11.1. The van der Waals surface area contributed by atoms with Crippen LogP contribution in [0.3, 0.4) is 0 Å². The van der Waals surface area contributed by atoms with Crippen LogP contribution in [-0.4, -0.2) is 22.2 Å². The quantitative estimate of drug-likeness (QED) is 0.359. The van der Waals surface area contributed by atoms with Crippen LogP contribution in [0.15, 0.2) is 0 Å². The van der Waals surface area contributed by atoms with E-state index in [-0.39, 0.29) is 0 Å². The van der Waals surface area contributed by atoms with E-state index in [1.165, 1.54) is 13.1 Å². The summed E-state index contributed by atoms with van der Waals surface area (Å²) in [5, 5.41) is 0. The summed E-state index contributed by atoms with van der Waals surface area (Å²) < 4.78 is 62.9. The van der Waals surface area contributed by atoms with Gasteiger partial charge < -0.3 is 3.87 Å². The Labute approximate surface area is 114 Å². The van der Waals surface area contributed by atoms with Crippen LogP contribution in [-0.2, 0) is 14.0 Å². The number of hydrogen-bond donors (Lipinski definition) is 0. The second kappa shape index (κ2) is 7.63. The Hall–Kier alpha value is -0.0831. The van der Waals surface area contributed by atoms with Gasteiger partial charge in [-0.2, -0.15) is 21.6 Å². The Morgan fingerprint density at radius 2 is 1.47 bits per heavy atom. The molecule has 0 amide bonds. The smallest absolute Gasteiger partial charge is 0.308 e. The van der Waals surface area contributed by atoms with Gasteiger partial charge >= 0.3 is 15.6 Å². The molecule has 0 unspecified atom stereocenters. The maximum absolute atomic E-state index is 12.2. The first-order chi connectivity index (χ1) is 8.52. The minimum Gasteiger partial charge on any atom is -0.308 e. The van der Waals surface area contributed by atoms with Crippen molar-refractivity contribution in [3.8, 4) is 0 Å². The molecule has 116 valence electrons. The van der Waals surface area contributed by atoms with E-state index >= 15 is 0 Å². The Bertz CT molecular complexity index is 353. The number of rotatable bonds is 9. The molecule has 0 rings (SSSR count). The topological polar surface area (TPSA) is 43.4 Å². The minimum atomic E-state index is -5.45. The van der Waals surface area contributed by atoms with Gasteiger partial charge in [0.15, 0.2) is 0 Å². The molecular weight excluding hydrogens is 297 g/mol. The molecule has 0 aliphatic rings. The third-order valence-electron chi connectivity index (χ3n) is 2.75. The lowest BCUT2D eigenvalue weighted by Crippen LogP contribution is -2.38. The van der Waals surface area contributed by atoms with Crippen LogP contribution in [0.2, 0.25) is 19.1 Å². The molecule has 0 aromatic rings. The zero-order valence-electron chi connectivity index (χ0n) is 11.7. The van der Waals surface area contributed by atoms with Gasteiger partial charge in [-0.1, -0.05) is 45.4 Å². The molecule has 0 fully saturated rings. The van der Waals surface area contributed by atoms with Crippen molar-refractivity contribution in [2.24, 2.45) is 0 Å². The molecule has 0 N–H and O–H groups in total. The van der Waals surface area contributed by atoms with Crippen LogP contribution in [0.5, 0.6) is 0 Å². The first-order valence-electron chi connectivity index (χ1n) is 6.54. The molecule has 0 aromatic heterocycles. The van der Waals surface area contributed by atoms with Gasteiger partial charge in [0.1, 0.15) is 0 Å². The van der Waals surface area contributed by atoms with E-state index in [1.807, 2.05) is 0 Å². The van der Waals surface area contributed by atoms with Gasteiger partial charge in [-0.15, -0.1) is 0 Å². The molecule has 0 spiro atoms.